The maximum Gasteiger partial charge on any atom is 0.172 e. The number of allylic oxidation sites excluding steroid dienone is 3. The van der Waals surface area contributed by atoms with Gasteiger partial charge in [-0.1, -0.05) is 33.4 Å². The topological polar surface area (TPSA) is 93.5 Å². The molecule has 5 heterocycles. The van der Waals surface area contributed by atoms with E-state index in [1.165, 1.54) is 11.1 Å². The molecule has 2 aliphatic heterocycles. The predicted molar refractivity (Wildman–Crippen MR) is 167 cm³/mol. The summed E-state index contributed by atoms with van der Waals surface area (Å²) in [6.45, 7) is 18.5. The lowest BCUT2D eigenvalue weighted by atomic mass is 9.85. The van der Waals surface area contributed by atoms with E-state index in [-0.39, 0.29) is 29.3 Å². The van der Waals surface area contributed by atoms with Crippen LogP contribution in [-0.4, -0.2) is 26.5 Å². The van der Waals surface area contributed by atoms with Crippen LogP contribution in [0.4, 0.5) is 0 Å². The zero-order chi connectivity index (χ0) is 29.3. The Balaban J connectivity index is 1.71. The van der Waals surface area contributed by atoms with Crippen LogP contribution in [0.15, 0.2) is 18.0 Å². The summed E-state index contributed by atoms with van der Waals surface area (Å²) in [7, 11) is 0. The van der Waals surface area contributed by atoms with E-state index in [0.29, 0.717) is 6.42 Å². The molecule has 3 aromatic rings. The monoisotopic (exact) mass is 548 g/mol. The van der Waals surface area contributed by atoms with Crippen molar-refractivity contribution in [3.63, 3.8) is 0 Å². The third-order valence-electron chi connectivity index (χ3n) is 9.73. The fourth-order valence-corrected chi connectivity index (χ4v) is 7.24. The summed E-state index contributed by atoms with van der Waals surface area (Å²) in [4.78, 5) is 36.9. The fourth-order valence-electron chi connectivity index (χ4n) is 7.24. The van der Waals surface area contributed by atoms with Crippen molar-refractivity contribution in [3.05, 3.63) is 84.8 Å². The molecular weight excluding hydrogens is 508 g/mol. The zero-order valence-electron chi connectivity index (χ0n) is 25.2. The van der Waals surface area contributed by atoms with Gasteiger partial charge in [-0.2, -0.15) is 0 Å². The lowest BCUT2D eigenvalue weighted by molar-refractivity contribution is -0.117. The molecule has 1 saturated heterocycles. The van der Waals surface area contributed by atoms with Crippen LogP contribution in [0.5, 0.6) is 0 Å². The van der Waals surface area contributed by atoms with Crippen LogP contribution >= 0.6 is 0 Å². The third kappa shape index (κ3) is 4.06. The summed E-state index contributed by atoms with van der Waals surface area (Å²) in [6.07, 6.45) is 10.6. The van der Waals surface area contributed by atoms with Crippen LogP contribution in [0.1, 0.15) is 101 Å². The number of aromatic nitrogens is 3. The Kier molecular flexibility index (Phi) is 6.48. The summed E-state index contributed by atoms with van der Waals surface area (Å²) in [5, 5.41) is 5.89. The first-order valence-electron chi connectivity index (χ1n) is 14.8. The van der Waals surface area contributed by atoms with E-state index >= 15 is 0 Å². The van der Waals surface area contributed by atoms with Gasteiger partial charge < -0.3 is 25.1 Å². The minimum atomic E-state index is -0.261. The fraction of sp³-hybridized carbons (Fsp3) is 0.371. The Bertz CT molecular complexity index is 1830. The molecule has 0 unspecified atom stereocenters. The van der Waals surface area contributed by atoms with Gasteiger partial charge in [0.15, 0.2) is 5.78 Å². The first-order chi connectivity index (χ1) is 19.5. The Hall–Kier alpha value is -4.06. The number of nitrogens with one attached hydrogen (secondary N) is 4. The Labute approximate surface area is 241 Å². The molecule has 0 amide bonds. The van der Waals surface area contributed by atoms with Gasteiger partial charge in [0, 0.05) is 80.0 Å². The Morgan fingerprint density at radius 2 is 1.66 bits per heavy atom. The van der Waals surface area contributed by atoms with Crippen LogP contribution < -0.4 is 16.0 Å². The molecule has 0 spiro atoms. The smallest absolute Gasteiger partial charge is 0.172 e. The van der Waals surface area contributed by atoms with Gasteiger partial charge in [0.05, 0.1) is 5.69 Å². The van der Waals surface area contributed by atoms with Gasteiger partial charge in [-0.05, 0) is 81.0 Å². The van der Waals surface area contributed by atoms with Crippen LogP contribution in [0.2, 0.25) is 0 Å². The highest BCUT2D eigenvalue weighted by atomic mass is 16.1. The summed E-state index contributed by atoms with van der Waals surface area (Å²) < 4.78 is 0. The molecule has 212 valence electrons. The maximum absolute atomic E-state index is 13.8. The van der Waals surface area contributed by atoms with E-state index in [2.05, 4.69) is 72.8 Å². The summed E-state index contributed by atoms with van der Waals surface area (Å²) in [5.74, 6) is 0.339. The van der Waals surface area contributed by atoms with E-state index in [1.807, 2.05) is 19.9 Å². The standard InChI is InChI=1S/C35H40N4O2/c1-9-22-17(4)25-13-27-19(6)24(12-11-16(3)40)33(38-27)31-21(8)35(41)32-20(7)28(39-34(31)32)15-30-23(10-2)18(5)26(37-30)14-29(22)36-25/h9,13-15,19,21,24,36-39H,1,10-12H2,2-8H3/t19-,21+,24-/m0/s1. The van der Waals surface area contributed by atoms with E-state index < -0.39 is 0 Å². The third-order valence-corrected chi connectivity index (χ3v) is 9.73. The molecule has 0 aromatic carbocycles. The number of carbonyl (C=O) groups excluding carboxylic acids is 2. The SMILES string of the molecule is C=Cc1c2[nH]c(c1C)C=C1NC(=C3c4[nH]c(c(C)c4C(=O)[C@@H]3C)C=c3[nH]c(c(C)c3CC)=C2)[C@@H](CCC(C)=O)[C@@H]1C. The molecule has 0 saturated carbocycles. The lowest BCUT2D eigenvalue weighted by Gasteiger charge is -2.18. The average Bonchev–Trinajstić information content (AvgIpc) is 3.65. The number of hydrogen-bond acceptors (Lipinski definition) is 3. The molecule has 1 aliphatic carbocycles. The van der Waals surface area contributed by atoms with Crippen molar-refractivity contribution in [3.8, 4) is 0 Å². The van der Waals surface area contributed by atoms with E-state index in [4.69, 9.17) is 0 Å². The molecule has 1 fully saturated rings. The molecule has 6 heteroatoms. The first-order valence-corrected chi connectivity index (χ1v) is 14.8. The van der Waals surface area contributed by atoms with Crippen molar-refractivity contribution < 1.29 is 9.59 Å². The quantitative estimate of drug-likeness (QED) is 0.335. The molecular formula is C35H40N4O2. The summed E-state index contributed by atoms with van der Waals surface area (Å²) in [5.41, 5.74) is 13.6. The maximum atomic E-state index is 13.8. The second kappa shape index (κ2) is 9.79. The second-order valence-electron chi connectivity index (χ2n) is 12.1. The molecule has 4 N–H and O–H groups in total. The van der Waals surface area contributed by atoms with Crippen molar-refractivity contribution in [2.75, 3.05) is 0 Å². The number of aromatic amines is 3. The number of rotatable bonds is 5. The van der Waals surface area contributed by atoms with E-state index in [9.17, 15) is 9.59 Å². The van der Waals surface area contributed by atoms with Gasteiger partial charge in [-0.25, -0.2) is 0 Å². The van der Waals surface area contributed by atoms with Gasteiger partial charge in [0.2, 0.25) is 0 Å². The van der Waals surface area contributed by atoms with Crippen LogP contribution in [-0.2, 0) is 11.2 Å². The number of Topliss-reactive ketones (excluding diaryl/α,β-unsaturated/α-hetero) is 2. The van der Waals surface area contributed by atoms with Crippen molar-refractivity contribution in [1.82, 2.24) is 20.3 Å². The van der Waals surface area contributed by atoms with Crippen molar-refractivity contribution in [2.24, 2.45) is 17.8 Å². The number of ketones is 2. The highest BCUT2D eigenvalue weighted by Crippen LogP contribution is 2.47. The Morgan fingerprint density at radius 3 is 2.34 bits per heavy atom. The zero-order valence-corrected chi connectivity index (χ0v) is 25.2. The van der Waals surface area contributed by atoms with Crippen molar-refractivity contribution in [1.29, 1.82) is 0 Å². The van der Waals surface area contributed by atoms with Gasteiger partial charge in [0.25, 0.3) is 0 Å². The molecule has 3 aliphatic rings. The molecule has 8 bridgehead atoms. The molecule has 6 rings (SSSR count). The van der Waals surface area contributed by atoms with Gasteiger partial charge in [-0.15, -0.1) is 0 Å². The number of fused-ring (bicyclic) bond motifs is 7. The van der Waals surface area contributed by atoms with Crippen molar-refractivity contribution in [2.45, 2.75) is 67.7 Å². The highest BCUT2D eigenvalue weighted by Gasteiger charge is 2.43. The minimum Gasteiger partial charge on any atom is -0.361 e. The molecule has 41 heavy (non-hydrogen) atoms. The van der Waals surface area contributed by atoms with Gasteiger partial charge >= 0.3 is 0 Å². The lowest BCUT2D eigenvalue weighted by Crippen LogP contribution is -2.16. The van der Waals surface area contributed by atoms with E-state index in [1.54, 1.807) is 6.92 Å². The van der Waals surface area contributed by atoms with Crippen LogP contribution in [0, 0.1) is 38.5 Å². The normalized spacial score (nSPS) is 21.0. The average molecular weight is 549 g/mol. The summed E-state index contributed by atoms with van der Waals surface area (Å²) in [6, 6.07) is 0. The second-order valence-corrected chi connectivity index (χ2v) is 12.1. The summed E-state index contributed by atoms with van der Waals surface area (Å²) >= 11 is 0. The Morgan fingerprint density at radius 1 is 0.951 bits per heavy atom. The number of H-pyrrole nitrogens is 3. The number of carbonyl (C=O) groups is 2. The van der Waals surface area contributed by atoms with Crippen LogP contribution in [0.3, 0.4) is 0 Å². The molecule has 3 aromatic heterocycles. The predicted octanol–water partition coefficient (Wildman–Crippen LogP) is 5.58. The molecule has 0 radical (unpaired) electrons. The minimum absolute atomic E-state index is 0.105. The van der Waals surface area contributed by atoms with Gasteiger partial charge in [0.1, 0.15) is 5.78 Å². The largest absolute Gasteiger partial charge is 0.361 e. The number of hydrogen-bond donors (Lipinski definition) is 4. The van der Waals surface area contributed by atoms with Gasteiger partial charge in [-0.3, -0.25) is 4.79 Å². The van der Waals surface area contributed by atoms with E-state index in [0.717, 1.165) is 85.5 Å². The first kappa shape index (κ1) is 27.1. The van der Waals surface area contributed by atoms with Crippen molar-refractivity contribution >= 4 is 41.4 Å². The molecule has 3 atom stereocenters. The molecule has 6 nitrogen and oxygen atoms in total. The van der Waals surface area contributed by atoms with Crippen LogP contribution in [0.25, 0.3) is 29.9 Å². The highest BCUT2D eigenvalue weighted by molar-refractivity contribution is 6.15.